The van der Waals surface area contributed by atoms with Crippen molar-refractivity contribution in [1.29, 1.82) is 0 Å². The quantitative estimate of drug-likeness (QED) is 0.755. The molecule has 3 aromatic rings. The lowest BCUT2D eigenvalue weighted by molar-refractivity contribution is -0.274. The third-order valence-corrected chi connectivity index (χ3v) is 3.16. The Balaban J connectivity index is 1.72. The summed E-state index contributed by atoms with van der Waals surface area (Å²) in [5.74, 6) is -0.791. The number of rotatable bonds is 3. The molecule has 1 amide bonds. The van der Waals surface area contributed by atoms with Crippen LogP contribution in [0.5, 0.6) is 5.75 Å². The first kappa shape index (κ1) is 15.0. The van der Waals surface area contributed by atoms with Gasteiger partial charge in [0.1, 0.15) is 5.75 Å². The van der Waals surface area contributed by atoms with E-state index < -0.39 is 12.3 Å². The summed E-state index contributed by atoms with van der Waals surface area (Å²) in [7, 11) is 0. The maximum Gasteiger partial charge on any atom is 0.573 e. The van der Waals surface area contributed by atoms with Crippen molar-refractivity contribution in [2.75, 3.05) is 5.32 Å². The first-order valence-electron chi connectivity index (χ1n) is 6.65. The highest BCUT2D eigenvalue weighted by atomic mass is 19.4. The van der Waals surface area contributed by atoms with Gasteiger partial charge in [0.2, 0.25) is 0 Å². The maximum atomic E-state index is 12.1. The van der Waals surface area contributed by atoms with Crippen molar-refractivity contribution >= 4 is 22.5 Å². The molecule has 0 saturated carbocycles. The Labute approximate surface area is 128 Å². The summed E-state index contributed by atoms with van der Waals surface area (Å²) >= 11 is 0. The molecule has 1 aromatic heterocycles. The van der Waals surface area contributed by atoms with Crippen LogP contribution >= 0.6 is 0 Å². The number of anilines is 1. The fourth-order valence-electron chi connectivity index (χ4n) is 2.14. The number of H-pyrrole nitrogens is 1. The number of nitrogens with one attached hydrogen (secondary N) is 2. The SMILES string of the molecule is O=C(Nc1ccc2[nH]ccc2c1)c1ccc(OC(F)(F)F)cc1. The fourth-order valence-corrected chi connectivity index (χ4v) is 2.14. The van der Waals surface area contributed by atoms with E-state index in [1.165, 1.54) is 12.1 Å². The number of aromatic amines is 1. The molecule has 0 aliphatic rings. The minimum absolute atomic E-state index is 0.230. The summed E-state index contributed by atoms with van der Waals surface area (Å²) in [6.45, 7) is 0. The topological polar surface area (TPSA) is 54.1 Å². The zero-order chi connectivity index (χ0) is 16.4. The molecule has 2 aromatic carbocycles. The predicted octanol–water partition coefficient (Wildman–Crippen LogP) is 4.32. The number of aromatic nitrogens is 1. The lowest BCUT2D eigenvalue weighted by atomic mass is 10.2. The van der Waals surface area contributed by atoms with E-state index in [4.69, 9.17) is 0 Å². The monoisotopic (exact) mass is 320 g/mol. The minimum Gasteiger partial charge on any atom is -0.406 e. The van der Waals surface area contributed by atoms with Gasteiger partial charge in [-0.1, -0.05) is 0 Å². The van der Waals surface area contributed by atoms with Crippen molar-refractivity contribution in [2.45, 2.75) is 6.36 Å². The molecule has 0 radical (unpaired) electrons. The Morgan fingerprint density at radius 3 is 2.48 bits per heavy atom. The summed E-state index contributed by atoms with van der Waals surface area (Å²) in [5, 5.41) is 3.63. The van der Waals surface area contributed by atoms with Gasteiger partial charge >= 0.3 is 6.36 Å². The van der Waals surface area contributed by atoms with Gasteiger partial charge in [-0.2, -0.15) is 0 Å². The van der Waals surface area contributed by atoms with Gasteiger partial charge in [0.25, 0.3) is 5.91 Å². The van der Waals surface area contributed by atoms with Crippen molar-refractivity contribution in [3.63, 3.8) is 0 Å². The van der Waals surface area contributed by atoms with E-state index in [1.54, 1.807) is 18.3 Å². The van der Waals surface area contributed by atoms with Crippen LogP contribution in [0.25, 0.3) is 10.9 Å². The number of amides is 1. The number of carbonyl (C=O) groups is 1. The molecule has 0 fully saturated rings. The van der Waals surface area contributed by atoms with Gasteiger partial charge in [0.15, 0.2) is 0 Å². The van der Waals surface area contributed by atoms with E-state index in [2.05, 4.69) is 15.0 Å². The highest BCUT2D eigenvalue weighted by Crippen LogP contribution is 2.23. The zero-order valence-electron chi connectivity index (χ0n) is 11.6. The molecular weight excluding hydrogens is 309 g/mol. The first-order chi connectivity index (χ1) is 10.9. The molecule has 23 heavy (non-hydrogen) atoms. The molecule has 2 N–H and O–H groups in total. The van der Waals surface area contributed by atoms with Gasteiger partial charge < -0.3 is 15.0 Å². The summed E-state index contributed by atoms with van der Waals surface area (Å²) in [6.07, 6.45) is -2.97. The second-order valence-corrected chi connectivity index (χ2v) is 4.81. The van der Waals surface area contributed by atoms with Crippen LogP contribution in [0, 0.1) is 0 Å². The van der Waals surface area contributed by atoms with Crippen molar-refractivity contribution in [3.05, 3.63) is 60.3 Å². The number of hydrogen-bond acceptors (Lipinski definition) is 2. The van der Waals surface area contributed by atoms with Crippen LogP contribution in [0.4, 0.5) is 18.9 Å². The van der Waals surface area contributed by atoms with E-state index >= 15 is 0 Å². The van der Waals surface area contributed by atoms with Crippen LogP contribution < -0.4 is 10.1 Å². The third-order valence-electron chi connectivity index (χ3n) is 3.16. The number of benzene rings is 2. The van der Waals surface area contributed by atoms with E-state index in [1.807, 2.05) is 12.1 Å². The highest BCUT2D eigenvalue weighted by Gasteiger charge is 2.31. The number of carbonyl (C=O) groups excluding carboxylic acids is 1. The third kappa shape index (κ3) is 3.63. The Bertz CT molecular complexity index is 838. The molecule has 1 heterocycles. The average Bonchev–Trinajstić information content (AvgIpc) is 2.94. The lowest BCUT2D eigenvalue weighted by Gasteiger charge is -2.09. The molecule has 4 nitrogen and oxygen atoms in total. The molecule has 0 spiro atoms. The fraction of sp³-hybridized carbons (Fsp3) is 0.0625. The Hall–Kier alpha value is -2.96. The summed E-state index contributed by atoms with van der Waals surface area (Å²) in [5.41, 5.74) is 1.77. The molecule has 0 saturated heterocycles. The molecule has 0 bridgehead atoms. The molecule has 0 atom stereocenters. The molecular formula is C16H11F3N2O2. The van der Waals surface area contributed by atoms with Crippen LogP contribution in [0.15, 0.2) is 54.7 Å². The smallest absolute Gasteiger partial charge is 0.406 e. The molecule has 3 rings (SSSR count). The van der Waals surface area contributed by atoms with E-state index in [9.17, 15) is 18.0 Å². The summed E-state index contributed by atoms with van der Waals surface area (Å²) in [6, 6.07) is 12.0. The van der Waals surface area contributed by atoms with Gasteiger partial charge in [-0.15, -0.1) is 13.2 Å². The van der Waals surface area contributed by atoms with Gasteiger partial charge in [-0.25, -0.2) is 0 Å². The summed E-state index contributed by atoms with van der Waals surface area (Å²) in [4.78, 5) is 15.1. The van der Waals surface area contributed by atoms with Gasteiger partial charge in [0.05, 0.1) is 0 Å². The number of ether oxygens (including phenoxy) is 1. The van der Waals surface area contributed by atoms with Crippen LogP contribution in [-0.2, 0) is 0 Å². The summed E-state index contributed by atoms with van der Waals surface area (Å²) < 4.78 is 40.0. The first-order valence-corrected chi connectivity index (χ1v) is 6.65. The number of alkyl halides is 3. The van der Waals surface area contributed by atoms with Crippen LogP contribution in [0.2, 0.25) is 0 Å². The van der Waals surface area contributed by atoms with Gasteiger partial charge in [0, 0.05) is 28.4 Å². The van der Waals surface area contributed by atoms with Gasteiger partial charge in [-0.3, -0.25) is 4.79 Å². The molecule has 7 heteroatoms. The van der Waals surface area contributed by atoms with Crippen molar-refractivity contribution in [3.8, 4) is 5.75 Å². The molecule has 118 valence electrons. The van der Waals surface area contributed by atoms with Gasteiger partial charge in [-0.05, 0) is 48.5 Å². The zero-order valence-corrected chi connectivity index (χ0v) is 11.6. The van der Waals surface area contributed by atoms with E-state index in [0.29, 0.717) is 5.69 Å². The number of fused-ring (bicyclic) bond motifs is 1. The normalized spacial score (nSPS) is 11.4. The van der Waals surface area contributed by atoms with Crippen molar-refractivity contribution < 1.29 is 22.7 Å². The lowest BCUT2D eigenvalue weighted by Crippen LogP contribution is -2.17. The minimum atomic E-state index is -4.75. The second kappa shape index (κ2) is 5.68. The van der Waals surface area contributed by atoms with Crippen LogP contribution in [0.3, 0.4) is 0 Å². The maximum absolute atomic E-state index is 12.1. The second-order valence-electron chi connectivity index (χ2n) is 4.81. The predicted molar refractivity (Wildman–Crippen MR) is 79.4 cm³/mol. The molecule has 0 aliphatic carbocycles. The Morgan fingerprint density at radius 1 is 1.04 bits per heavy atom. The largest absolute Gasteiger partial charge is 0.573 e. The Morgan fingerprint density at radius 2 is 1.78 bits per heavy atom. The van der Waals surface area contributed by atoms with Crippen LogP contribution in [-0.4, -0.2) is 17.3 Å². The van der Waals surface area contributed by atoms with E-state index in [-0.39, 0.29) is 11.3 Å². The molecule has 0 unspecified atom stereocenters. The number of halogens is 3. The molecule has 0 aliphatic heterocycles. The number of hydrogen-bond donors (Lipinski definition) is 2. The van der Waals surface area contributed by atoms with Crippen molar-refractivity contribution in [2.24, 2.45) is 0 Å². The average molecular weight is 320 g/mol. The highest BCUT2D eigenvalue weighted by molar-refractivity contribution is 6.05. The standard InChI is InChI=1S/C16H11F3N2O2/c17-16(18,19)23-13-4-1-10(2-5-13)15(22)21-12-3-6-14-11(9-12)7-8-20-14/h1-9,20H,(H,21,22). The van der Waals surface area contributed by atoms with Crippen LogP contribution in [0.1, 0.15) is 10.4 Å². The van der Waals surface area contributed by atoms with Crippen molar-refractivity contribution in [1.82, 2.24) is 4.98 Å². The van der Waals surface area contributed by atoms with E-state index in [0.717, 1.165) is 23.0 Å². The Kier molecular flexibility index (Phi) is 3.69.